The molecular weight excluding hydrogens is 336 g/mol. The van der Waals surface area contributed by atoms with Gasteiger partial charge in [0.25, 0.3) is 0 Å². The Kier molecular flexibility index (Phi) is 4.75. The quantitative estimate of drug-likeness (QED) is 0.582. The van der Waals surface area contributed by atoms with E-state index in [0.29, 0.717) is 12.8 Å². The van der Waals surface area contributed by atoms with E-state index in [9.17, 15) is 19.5 Å². The molecule has 7 nitrogen and oxygen atoms in total. The number of phenolic OH excluding ortho intramolecular Hbond substituents is 1. The van der Waals surface area contributed by atoms with Gasteiger partial charge in [0.15, 0.2) is 0 Å². The van der Waals surface area contributed by atoms with E-state index in [1.807, 2.05) is 12.2 Å². The third-order valence-corrected chi connectivity index (χ3v) is 5.59. The summed E-state index contributed by atoms with van der Waals surface area (Å²) >= 11 is 0. The summed E-state index contributed by atoms with van der Waals surface area (Å²) in [6.07, 6.45) is 1.14. The van der Waals surface area contributed by atoms with Gasteiger partial charge in [-0.3, -0.25) is 14.5 Å². The first-order valence-electron chi connectivity index (χ1n) is 9.01. The zero-order valence-electron chi connectivity index (χ0n) is 15.3. The van der Waals surface area contributed by atoms with E-state index in [2.05, 4.69) is 0 Å². The highest BCUT2D eigenvalue weighted by Gasteiger charge is 2.71. The Balaban J connectivity index is 2.11. The first kappa shape index (κ1) is 18.4. The number of carbonyl (C=O) groups is 3. The first-order chi connectivity index (χ1) is 12.4. The van der Waals surface area contributed by atoms with Gasteiger partial charge >= 0.3 is 5.97 Å². The third-order valence-electron chi connectivity index (χ3n) is 5.59. The van der Waals surface area contributed by atoms with Gasteiger partial charge in [-0.15, -0.1) is 0 Å². The Hall–Kier alpha value is -2.41. The minimum Gasteiger partial charge on any atom is -0.508 e. The molecular formula is C19H25N2O5+. The van der Waals surface area contributed by atoms with Crippen LogP contribution in [0.4, 0.5) is 0 Å². The molecule has 3 N–H and O–H groups in total. The van der Waals surface area contributed by atoms with Crippen molar-refractivity contribution in [2.75, 3.05) is 13.7 Å². The van der Waals surface area contributed by atoms with Crippen LogP contribution in [0.15, 0.2) is 24.3 Å². The number of imide groups is 1. The molecule has 2 amide bonds. The number of benzene rings is 1. The van der Waals surface area contributed by atoms with Crippen LogP contribution in [0.1, 0.15) is 38.3 Å². The second kappa shape index (κ2) is 6.72. The van der Waals surface area contributed by atoms with Gasteiger partial charge in [-0.25, -0.2) is 4.79 Å². The van der Waals surface area contributed by atoms with Crippen molar-refractivity contribution >= 4 is 17.8 Å². The number of hydrogen-bond acceptors (Lipinski definition) is 5. The average Bonchev–Trinajstić information content (AvgIpc) is 3.07. The van der Waals surface area contributed by atoms with Gasteiger partial charge in [-0.1, -0.05) is 6.92 Å². The average molecular weight is 361 g/mol. The highest BCUT2D eigenvalue weighted by atomic mass is 16.5. The number of esters is 1. The van der Waals surface area contributed by atoms with Crippen LogP contribution >= 0.6 is 0 Å². The number of rotatable bonds is 5. The van der Waals surface area contributed by atoms with Crippen LogP contribution < -0.4 is 5.32 Å². The lowest BCUT2D eigenvalue weighted by molar-refractivity contribution is -0.735. The van der Waals surface area contributed by atoms with Gasteiger partial charge in [-0.05, 0) is 37.6 Å². The zero-order chi connectivity index (χ0) is 19.1. The van der Waals surface area contributed by atoms with E-state index in [1.165, 1.54) is 7.05 Å². The monoisotopic (exact) mass is 361 g/mol. The summed E-state index contributed by atoms with van der Waals surface area (Å²) in [4.78, 5) is 39.7. The van der Waals surface area contributed by atoms with Crippen molar-refractivity contribution in [1.82, 2.24) is 4.90 Å². The molecule has 0 bridgehead atoms. The molecule has 1 aromatic rings. The van der Waals surface area contributed by atoms with Crippen LogP contribution in [-0.2, 0) is 19.1 Å². The highest BCUT2D eigenvalue weighted by Crippen LogP contribution is 2.45. The van der Waals surface area contributed by atoms with E-state index in [1.54, 1.807) is 31.2 Å². The second-order valence-corrected chi connectivity index (χ2v) is 7.03. The predicted molar refractivity (Wildman–Crippen MR) is 91.8 cm³/mol. The fourth-order valence-corrected chi connectivity index (χ4v) is 4.48. The lowest BCUT2D eigenvalue weighted by Gasteiger charge is -2.28. The predicted octanol–water partition coefficient (Wildman–Crippen LogP) is 0.343. The summed E-state index contributed by atoms with van der Waals surface area (Å²) in [7, 11) is 1.47. The first-order valence-corrected chi connectivity index (χ1v) is 9.01. The van der Waals surface area contributed by atoms with Crippen molar-refractivity contribution in [3.8, 4) is 5.75 Å². The molecule has 0 saturated carbocycles. The van der Waals surface area contributed by atoms with Gasteiger partial charge in [0.05, 0.1) is 6.61 Å². The maximum Gasteiger partial charge on any atom is 0.368 e. The zero-order valence-corrected chi connectivity index (χ0v) is 15.3. The normalized spacial score (nSPS) is 30.6. The molecule has 0 aliphatic carbocycles. The van der Waals surface area contributed by atoms with Gasteiger partial charge in [0.1, 0.15) is 23.6 Å². The number of phenols is 1. The van der Waals surface area contributed by atoms with Crippen molar-refractivity contribution in [3.05, 3.63) is 29.8 Å². The lowest BCUT2D eigenvalue weighted by Crippen LogP contribution is -2.98. The highest BCUT2D eigenvalue weighted by molar-refractivity contribution is 6.08. The molecule has 1 aromatic carbocycles. The number of aromatic hydroxyl groups is 1. The Bertz CT molecular complexity index is 732. The molecule has 140 valence electrons. The Morgan fingerprint density at radius 1 is 1.23 bits per heavy atom. The van der Waals surface area contributed by atoms with Crippen LogP contribution in [0.5, 0.6) is 5.75 Å². The summed E-state index contributed by atoms with van der Waals surface area (Å²) in [5.41, 5.74) is -0.299. The maximum absolute atomic E-state index is 12.9. The van der Waals surface area contributed by atoms with E-state index in [4.69, 9.17) is 4.74 Å². The van der Waals surface area contributed by atoms with Crippen molar-refractivity contribution in [1.29, 1.82) is 0 Å². The molecule has 0 radical (unpaired) electrons. The van der Waals surface area contributed by atoms with E-state index in [-0.39, 0.29) is 30.2 Å². The van der Waals surface area contributed by atoms with Crippen LogP contribution in [0.2, 0.25) is 0 Å². The van der Waals surface area contributed by atoms with E-state index in [0.717, 1.165) is 10.5 Å². The SMILES string of the molecule is CCC[C@@]1(C(=O)OCC)[NH2+][C@@H](c2ccc(O)cc2)[C@H]2C(=O)N(C)C(=O)[C@@H]21. The van der Waals surface area contributed by atoms with Crippen molar-refractivity contribution in [2.45, 2.75) is 38.3 Å². The van der Waals surface area contributed by atoms with Crippen LogP contribution in [0.3, 0.4) is 0 Å². The van der Waals surface area contributed by atoms with Crippen LogP contribution in [-0.4, -0.2) is 47.0 Å². The van der Waals surface area contributed by atoms with Crippen LogP contribution in [0.25, 0.3) is 0 Å². The summed E-state index contributed by atoms with van der Waals surface area (Å²) < 4.78 is 5.32. The maximum atomic E-state index is 12.9. The largest absolute Gasteiger partial charge is 0.508 e. The lowest BCUT2D eigenvalue weighted by atomic mass is 9.77. The molecule has 3 rings (SSSR count). The number of hydrogen-bond donors (Lipinski definition) is 2. The van der Waals surface area contributed by atoms with Gasteiger partial charge in [0.2, 0.25) is 17.4 Å². The number of fused-ring (bicyclic) bond motifs is 1. The Morgan fingerprint density at radius 3 is 2.46 bits per heavy atom. The van der Waals surface area contributed by atoms with Crippen molar-refractivity contribution in [2.24, 2.45) is 11.8 Å². The minimum absolute atomic E-state index is 0.124. The van der Waals surface area contributed by atoms with Crippen molar-refractivity contribution < 1.29 is 29.5 Å². The molecule has 26 heavy (non-hydrogen) atoms. The number of quaternary nitrogens is 1. The van der Waals surface area contributed by atoms with E-state index < -0.39 is 23.3 Å². The van der Waals surface area contributed by atoms with Gasteiger partial charge in [-0.2, -0.15) is 0 Å². The second-order valence-electron chi connectivity index (χ2n) is 7.03. The topological polar surface area (TPSA) is 101 Å². The number of nitrogens with zero attached hydrogens (tertiary/aromatic N) is 1. The summed E-state index contributed by atoms with van der Waals surface area (Å²) in [5, 5.41) is 11.4. The van der Waals surface area contributed by atoms with Gasteiger partial charge < -0.3 is 15.2 Å². The summed E-state index contributed by atoms with van der Waals surface area (Å²) in [6.45, 7) is 3.90. The van der Waals surface area contributed by atoms with Crippen LogP contribution in [0, 0.1) is 11.8 Å². The number of ether oxygens (including phenoxy) is 1. The number of carbonyl (C=O) groups excluding carboxylic acids is 3. The molecule has 0 aromatic heterocycles. The molecule has 2 aliphatic heterocycles. The molecule has 2 heterocycles. The summed E-state index contributed by atoms with van der Waals surface area (Å²) in [6, 6.07) is 6.19. The molecule has 7 heteroatoms. The Morgan fingerprint density at radius 2 is 1.88 bits per heavy atom. The fourth-order valence-electron chi connectivity index (χ4n) is 4.48. The fraction of sp³-hybridized carbons (Fsp3) is 0.526. The standard InChI is InChI=1S/C19H24N2O5/c1-4-10-19(18(25)26-5-2)14-13(16(23)21(3)17(14)24)15(20-19)11-6-8-12(22)9-7-11/h6-9,13-15,20,22H,4-5,10H2,1-3H3/p+1/t13-,14+,15-,19+/m0/s1. The molecule has 2 fully saturated rings. The molecule has 0 spiro atoms. The van der Waals surface area contributed by atoms with E-state index >= 15 is 0 Å². The molecule has 2 aliphatic rings. The number of nitrogens with two attached hydrogens (primary N) is 1. The Labute approximate surface area is 152 Å². The molecule has 0 unspecified atom stereocenters. The van der Waals surface area contributed by atoms with Gasteiger partial charge in [0, 0.05) is 19.0 Å². The summed E-state index contributed by atoms with van der Waals surface area (Å²) in [5.74, 6) is -2.25. The number of amides is 2. The molecule has 4 atom stereocenters. The smallest absolute Gasteiger partial charge is 0.368 e. The number of likely N-dealkylation sites (tertiary alicyclic amines) is 1. The minimum atomic E-state index is -1.10. The third kappa shape index (κ3) is 2.58. The molecule has 2 saturated heterocycles. The van der Waals surface area contributed by atoms with Crippen molar-refractivity contribution in [3.63, 3.8) is 0 Å².